The Bertz CT molecular complexity index is 529. The van der Waals surface area contributed by atoms with E-state index in [1.165, 1.54) is 6.92 Å². The molecule has 0 radical (unpaired) electrons. The summed E-state index contributed by atoms with van der Waals surface area (Å²) in [4.78, 5) is 22.7. The molecule has 1 aliphatic heterocycles. The van der Waals surface area contributed by atoms with Crippen LogP contribution < -0.4 is 0 Å². The molecule has 0 amide bonds. The Balaban J connectivity index is 2.16. The quantitative estimate of drug-likeness (QED) is 0.491. The summed E-state index contributed by atoms with van der Waals surface area (Å²) in [7, 11) is 0. The number of carbonyl (C=O) groups is 2. The maximum absolute atomic E-state index is 11.7. The Morgan fingerprint density at radius 1 is 1.45 bits per heavy atom. The SMILES string of the molecule is C=C1C(=O)OC2/C=C(/CO)CC/C=C(/COC(C)=O)CCC12. The lowest BCUT2D eigenvalue weighted by atomic mass is 9.88. The van der Waals surface area contributed by atoms with Gasteiger partial charge in [-0.1, -0.05) is 12.7 Å². The number of aliphatic hydroxyl groups excluding tert-OH is 1. The van der Waals surface area contributed by atoms with Gasteiger partial charge in [-0.05, 0) is 42.9 Å². The van der Waals surface area contributed by atoms with Crippen molar-refractivity contribution in [3.8, 4) is 0 Å². The van der Waals surface area contributed by atoms with Gasteiger partial charge in [-0.2, -0.15) is 0 Å². The molecule has 0 aromatic rings. The van der Waals surface area contributed by atoms with Gasteiger partial charge in [-0.15, -0.1) is 0 Å². The standard InChI is InChI=1S/C17H22O5/c1-11-15-7-6-13(10-21-12(2)19)4-3-5-14(9-18)8-16(15)22-17(11)20/h4,8,15-16,18H,1,3,5-7,9-10H2,2H3/b13-4+,14-8+. The van der Waals surface area contributed by atoms with Gasteiger partial charge in [-0.25, -0.2) is 4.79 Å². The number of ether oxygens (including phenoxy) is 2. The number of carbonyl (C=O) groups excluding carboxylic acids is 2. The van der Waals surface area contributed by atoms with Crippen LogP contribution in [-0.4, -0.2) is 36.4 Å². The molecule has 1 aliphatic carbocycles. The highest BCUT2D eigenvalue weighted by molar-refractivity contribution is 5.91. The molecule has 0 spiro atoms. The summed E-state index contributed by atoms with van der Waals surface area (Å²) in [6, 6.07) is 0. The van der Waals surface area contributed by atoms with E-state index in [4.69, 9.17) is 9.47 Å². The lowest BCUT2D eigenvalue weighted by Crippen LogP contribution is -2.17. The molecule has 2 unspecified atom stereocenters. The summed E-state index contributed by atoms with van der Waals surface area (Å²) in [5, 5.41) is 9.44. The van der Waals surface area contributed by atoms with Gasteiger partial charge in [0.25, 0.3) is 0 Å². The number of fused-ring (bicyclic) bond motifs is 1. The minimum atomic E-state index is -0.367. The second kappa shape index (κ2) is 7.40. The molecular formula is C17H22O5. The van der Waals surface area contributed by atoms with Gasteiger partial charge in [0.2, 0.25) is 0 Å². The van der Waals surface area contributed by atoms with E-state index >= 15 is 0 Å². The van der Waals surface area contributed by atoms with Crippen molar-refractivity contribution in [2.75, 3.05) is 13.2 Å². The summed E-state index contributed by atoms with van der Waals surface area (Å²) in [6.45, 7) is 5.42. The van der Waals surface area contributed by atoms with Crippen molar-refractivity contribution < 1.29 is 24.2 Å². The normalized spacial score (nSPS) is 30.5. The first kappa shape index (κ1) is 16.5. The highest BCUT2D eigenvalue weighted by Gasteiger charge is 2.37. The first-order valence-electron chi connectivity index (χ1n) is 7.52. The van der Waals surface area contributed by atoms with E-state index in [0.29, 0.717) is 18.4 Å². The zero-order valence-corrected chi connectivity index (χ0v) is 12.8. The second-order valence-electron chi connectivity index (χ2n) is 5.70. The monoisotopic (exact) mass is 306 g/mol. The van der Waals surface area contributed by atoms with Crippen molar-refractivity contribution in [1.82, 2.24) is 0 Å². The van der Waals surface area contributed by atoms with Crippen molar-refractivity contribution >= 4 is 11.9 Å². The number of hydrogen-bond donors (Lipinski definition) is 1. The number of esters is 2. The van der Waals surface area contributed by atoms with E-state index in [2.05, 4.69) is 6.58 Å². The third-order valence-corrected chi connectivity index (χ3v) is 4.09. The summed E-state index contributed by atoms with van der Waals surface area (Å²) in [5.41, 5.74) is 2.36. The van der Waals surface area contributed by atoms with Crippen LogP contribution in [0.25, 0.3) is 0 Å². The number of aliphatic hydroxyl groups is 1. The van der Waals surface area contributed by atoms with Gasteiger partial charge in [0.1, 0.15) is 12.7 Å². The molecule has 1 fully saturated rings. The van der Waals surface area contributed by atoms with Crippen molar-refractivity contribution in [2.24, 2.45) is 5.92 Å². The molecular weight excluding hydrogens is 284 g/mol. The predicted octanol–water partition coefficient (Wildman–Crippen LogP) is 2.07. The second-order valence-corrected chi connectivity index (χ2v) is 5.70. The van der Waals surface area contributed by atoms with Crippen LogP contribution in [0.5, 0.6) is 0 Å². The van der Waals surface area contributed by atoms with Crippen LogP contribution in [0.3, 0.4) is 0 Å². The van der Waals surface area contributed by atoms with E-state index in [9.17, 15) is 14.7 Å². The van der Waals surface area contributed by atoms with E-state index in [-0.39, 0.29) is 37.2 Å². The van der Waals surface area contributed by atoms with Crippen LogP contribution >= 0.6 is 0 Å². The summed E-state index contributed by atoms with van der Waals surface area (Å²) < 4.78 is 10.4. The Morgan fingerprint density at radius 2 is 2.23 bits per heavy atom. The molecule has 5 heteroatoms. The Labute approximate surface area is 130 Å². The fourth-order valence-electron chi connectivity index (χ4n) is 2.80. The minimum absolute atomic E-state index is 0.0552. The lowest BCUT2D eigenvalue weighted by molar-refractivity contribution is -0.140. The van der Waals surface area contributed by atoms with E-state index in [1.54, 1.807) is 0 Å². The van der Waals surface area contributed by atoms with Crippen LogP contribution in [0.15, 0.2) is 35.5 Å². The lowest BCUT2D eigenvalue weighted by Gasteiger charge is -2.18. The molecule has 0 aromatic carbocycles. The third-order valence-electron chi connectivity index (χ3n) is 4.09. The summed E-state index contributed by atoms with van der Waals surface area (Å²) >= 11 is 0. The van der Waals surface area contributed by atoms with Gasteiger partial charge < -0.3 is 14.6 Å². The zero-order valence-electron chi connectivity index (χ0n) is 12.8. The number of rotatable bonds is 3. The van der Waals surface area contributed by atoms with Gasteiger partial charge >= 0.3 is 11.9 Å². The van der Waals surface area contributed by atoms with Crippen LogP contribution in [0, 0.1) is 5.92 Å². The maximum atomic E-state index is 11.7. The van der Waals surface area contributed by atoms with Crippen LogP contribution in [0.2, 0.25) is 0 Å². The van der Waals surface area contributed by atoms with E-state index < -0.39 is 0 Å². The summed E-state index contributed by atoms with van der Waals surface area (Å²) in [6.07, 6.45) is 6.43. The predicted molar refractivity (Wildman–Crippen MR) is 80.9 cm³/mol. The van der Waals surface area contributed by atoms with Crippen molar-refractivity contribution in [1.29, 1.82) is 0 Å². The van der Waals surface area contributed by atoms with Gasteiger partial charge in [0.15, 0.2) is 0 Å². The topological polar surface area (TPSA) is 72.8 Å². The van der Waals surface area contributed by atoms with E-state index in [0.717, 1.165) is 24.0 Å². The van der Waals surface area contributed by atoms with Crippen LogP contribution in [-0.2, 0) is 19.1 Å². The molecule has 120 valence electrons. The van der Waals surface area contributed by atoms with Crippen LogP contribution in [0.1, 0.15) is 32.6 Å². The molecule has 22 heavy (non-hydrogen) atoms. The zero-order chi connectivity index (χ0) is 16.1. The molecule has 0 saturated carbocycles. The molecule has 1 N–H and O–H groups in total. The van der Waals surface area contributed by atoms with Gasteiger partial charge in [-0.3, -0.25) is 4.79 Å². The fraction of sp³-hybridized carbons (Fsp3) is 0.529. The largest absolute Gasteiger partial charge is 0.461 e. The molecule has 1 heterocycles. The molecule has 2 aliphatic rings. The number of allylic oxidation sites excluding steroid dienone is 1. The van der Waals surface area contributed by atoms with Crippen molar-refractivity contribution in [2.45, 2.75) is 38.7 Å². The Hall–Kier alpha value is -1.88. The molecule has 5 nitrogen and oxygen atoms in total. The van der Waals surface area contributed by atoms with Gasteiger partial charge in [0.05, 0.1) is 6.61 Å². The average Bonchev–Trinajstić information content (AvgIpc) is 2.75. The Morgan fingerprint density at radius 3 is 2.91 bits per heavy atom. The van der Waals surface area contributed by atoms with Gasteiger partial charge in [0, 0.05) is 18.4 Å². The maximum Gasteiger partial charge on any atom is 0.334 e. The molecule has 1 saturated heterocycles. The summed E-state index contributed by atoms with van der Waals surface area (Å²) in [5.74, 6) is -0.767. The first-order valence-corrected chi connectivity index (χ1v) is 7.52. The molecule has 2 atom stereocenters. The highest BCUT2D eigenvalue weighted by atomic mass is 16.6. The smallest absolute Gasteiger partial charge is 0.334 e. The Kier molecular flexibility index (Phi) is 5.55. The van der Waals surface area contributed by atoms with Crippen molar-refractivity contribution in [3.63, 3.8) is 0 Å². The minimum Gasteiger partial charge on any atom is -0.461 e. The first-order chi connectivity index (χ1) is 10.5. The van der Waals surface area contributed by atoms with E-state index in [1.807, 2.05) is 12.2 Å². The van der Waals surface area contributed by atoms with Crippen molar-refractivity contribution in [3.05, 3.63) is 35.5 Å². The fourth-order valence-corrected chi connectivity index (χ4v) is 2.80. The average molecular weight is 306 g/mol. The molecule has 0 bridgehead atoms. The molecule has 2 rings (SSSR count). The highest BCUT2D eigenvalue weighted by Crippen LogP contribution is 2.34. The molecule has 0 aromatic heterocycles. The third kappa shape index (κ3) is 4.07. The number of hydrogen-bond acceptors (Lipinski definition) is 5. The van der Waals surface area contributed by atoms with Crippen LogP contribution in [0.4, 0.5) is 0 Å².